The first-order valence-corrected chi connectivity index (χ1v) is 9.25. The molecule has 1 aromatic heterocycles. The molecular weight excluding hydrogens is 314 g/mol. The molecule has 0 radical (unpaired) electrons. The molecule has 1 N–H and O–H groups in total. The molecule has 3 atom stereocenters. The van der Waals surface area contributed by atoms with Gasteiger partial charge in [-0.05, 0) is 50.4 Å². The van der Waals surface area contributed by atoms with Crippen LogP contribution >= 0.6 is 0 Å². The van der Waals surface area contributed by atoms with Crippen LogP contribution in [0.4, 0.5) is 0 Å². The van der Waals surface area contributed by atoms with Crippen LogP contribution in [-0.4, -0.2) is 51.0 Å². The van der Waals surface area contributed by atoms with Gasteiger partial charge in [0.1, 0.15) is 0 Å². The molecule has 3 unspecified atom stereocenters. The molecular formula is C20H27N3O2. The lowest BCUT2D eigenvalue weighted by Gasteiger charge is -2.43. The largest absolute Gasteiger partial charge is 0.390 e. The molecule has 0 saturated carbocycles. The summed E-state index contributed by atoms with van der Waals surface area (Å²) in [5.41, 5.74) is 1.83. The average molecular weight is 341 g/mol. The van der Waals surface area contributed by atoms with Crippen LogP contribution in [-0.2, 0) is 11.3 Å². The maximum absolute atomic E-state index is 10.8. The number of ether oxygens (including phenoxy) is 1. The van der Waals surface area contributed by atoms with Crippen LogP contribution in [0.3, 0.4) is 0 Å². The zero-order valence-corrected chi connectivity index (χ0v) is 14.8. The lowest BCUT2D eigenvalue weighted by molar-refractivity contribution is -0.123. The zero-order chi connectivity index (χ0) is 17.3. The van der Waals surface area contributed by atoms with Crippen molar-refractivity contribution < 1.29 is 9.84 Å². The molecule has 3 heterocycles. The third-order valence-corrected chi connectivity index (χ3v) is 5.85. The topological polar surface area (TPSA) is 50.5 Å². The number of nitrogens with zero attached hydrogens (tertiary/aromatic N) is 3. The normalized spacial score (nSPS) is 30.6. The van der Waals surface area contributed by atoms with Gasteiger partial charge < -0.3 is 14.4 Å². The first-order chi connectivity index (χ1) is 12.1. The SMILES string of the molecule is CC1(O)CCOCC1C1CCCN1Cc1ccc(-n2ccnc2)cc1. The molecule has 5 nitrogen and oxygen atoms in total. The summed E-state index contributed by atoms with van der Waals surface area (Å²) in [6, 6.07) is 9.08. The summed E-state index contributed by atoms with van der Waals surface area (Å²) in [4.78, 5) is 6.63. The van der Waals surface area contributed by atoms with Crippen LogP contribution in [0.1, 0.15) is 31.7 Å². The third kappa shape index (κ3) is 3.50. The van der Waals surface area contributed by atoms with E-state index in [1.165, 1.54) is 12.0 Å². The maximum Gasteiger partial charge on any atom is 0.0991 e. The Morgan fingerprint density at radius 3 is 2.88 bits per heavy atom. The lowest BCUT2D eigenvalue weighted by atomic mass is 9.79. The van der Waals surface area contributed by atoms with E-state index in [9.17, 15) is 5.11 Å². The van der Waals surface area contributed by atoms with Crippen molar-refractivity contribution in [2.24, 2.45) is 5.92 Å². The maximum atomic E-state index is 10.8. The predicted octanol–water partition coefficient (Wildman–Crippen LogP) is 2.62. The Hall–Kier alpha value is -1.69. The van der Waals surface area contributed by atoms with Crippen LogP contribution in [0.2, 0.25) is 0 Å². The molecule has 134 valence electrons. The van der Waals surface area contributed by atoms with E-state index in [1.807, 2.05) is 24.0 Å². The van der Waals surface area contributed by atoms with Crippen molar-refractivity contribution in [3.8, 4) is 5.69 Å². The number of rotatable bonds is 4. The van der Waals surface area contributed by atoms with Gasteiger partial charge in [0.05, 0.1) is 18.5 Å². The molecule has 2 aliphatic rings. The Labute approximate surface area is 149 Å². The quantitative estimate of drug-likeness (QED) is 0.929. The van der Waals surface area contributed by atoms with Gasteiger partial charge in [-0.2, -0.15) is 0 Å². The molecule has 0 amide bonds. The van der Waals surface area contributed by atoms with Crippen molar-refractivity contribution >= 4 is 0 Å². The van der Waals surface area contributed by atoms with Gasteiger partial charge in [-0.15, -0.1) is 0 Å². The summed E-state index contributed by atoms with van der Waals surface area (Å²) in [5, 5.41) is 10.8. The van der Waals surface area contributed by atoms with Crippen molar-refractivity contribution in [1.82, 2.24) is 14.5 Å². The van der Waals surface area contributed by atoms with Crippen molar-refractivity contribution in [2.75, 3.05) is 19.8 Å². The van der Waals surface area contributed by atoms with E-state index in [0.29, 0.717) is 19.3 Å². The molecule has 2 aliphatic heterocycles. The lowest BCUT2D eigenvalue weighted by Crippen LogP contribution is -2.52. The molecule has 25 heavy (non-hydrogen) atoms. The number of likely N-dealkylation sites (tertiary alicyclic amines) is 1. The van der Waals surface area contributed by atoms with Crippen molar-refractivity contribution in [3.63, 3.8) is 0 Å². The number of hydrogen-bond donors (Lipinski definition) is 1. The van der Waals surface area contributed by atoms with Gasteiger partial charge in [-0.25, -0.2) is 4.98 Å². The summed E-state index contributed by atoms with van der Waals surface area (Å²) in [6.07, 6.45) is 8.65. The standard InChI is InChI=1S/C20H27N3O2/c1-20(24)8-12-25-14-18(20)19-3-2-10-22(19)13-16-4-6-17(7-5-16)23-11-9-21-15-23/h4-7,9,11,15,18-19,24H,2-3,8,10,12-14H2,1H3. The van der Waals surface area contributed by atoms with E-state index in [2.05, 4.69) is 34.1 Å². The molecule has 0 aliphatic carbocycles. The Bertz CT molecular complexity index is 681. The molecule has 2 aromatic rings. The fourth-order valence-corrected chi connectivity index (χ4v) is 4.30. The first-order valence-electron chi connectivity index (χ1n) is 9.25. The second-order valence-electron chi connectivity index (χ2n) is 7.61. The Morgan fingerprint density at radius 2 is 2.16 bits per heavy atom. The Morgan fingerprint density at radius 1 is 1.32 bits per heavy atom. The summed E-state index contributed by atoms with van der Waals surface area (Å²) in [5.74, 6) is 0.203. The van der Waals surface area contributed by atoms with Gasteiger partial charge in [0.15, 0.2) is 0 Å². The predicted molar refractivity (Wildman–Crippen MR) is 96.5 cm³/mol. The first kappa shape index (κ1) is 16.8. The van der Waals surface area contributed by atoms with Crippen molar-refractivity contribution in [3.05, 3.63) is 48.5 Å². The second kappa shape index (κ2) is 6.90. The number of aliphatic hydroxyl groups is 1. The van der Waals surface area contributed by atoms with Crippen LogP contribution < -0.4 is 0 Å². The van der Waals surface area contributed by atoms with Gasteiger partial charge in [0, 0.05) is 43.2 Å². The van der Waals surface area contributed by atoms with Gasteiger partial charge >= 0.3 is 0 Å². The van der Waals surface area contributed by atoms with E-state index >= 15 is 0 Å². The van der Waals surface area contributed by atoms with E-state index in [4.69, 9.17) is 4.74 Å². The fourth-order valence-electron chi connectivity index (χ4n) is 4.30. The van der Waals surface area contributed by atoms with Crippen molar-refractivity contribution in [1.29, 1.82) is 0 Å². The van der Waals surface area contributed by atoms with E-state index in [1.54, 1.807) is 6.20 Å². The highest BCUT2D eigenvalue weighted by Crippen LogP contribution is 2.36. The molecule has 2 saturated heterocycles. The molecule has 4 rings (SSSR count). The van der Waals surface area contributed by atoms with Crippen LogP contribution in [0.15, 0.2) is 43.0 Å². The third-order valence-electron chi connectivity index (χ3n) is 5.85. The second-order valence-corrected chi connectivity index (χ2v) is 7.61. The number of aromatic nitrogens is 2. The number of benzene rings is 1. The highest BCUT2D eigenvalue weighted by atomic mass is 16.5. The highest BCUT2D eigenvalue weighted by molar-refractivity contribution is 5.34. The smallest absolute Gasteiger partial charge is 0.0991 e. The summed E-state index contributed by atoms with van der Waals surface area (Å²) in [6.45, 7) is 5.36. The van der Waals surface area contributed by atoms with Crippen molar-refractivity contribution in [2.45, 2.75) is 44.4 Å². The Kier molecular flexibility index (Phi) is 4.63. The minimum atomic E-state index is -0.614. The zero-order valence-electron chi connectivity index (χ0n) is 14.8. The number of hydrogen-bond acceptors (Lipinski definition) is 4. The Balaban J connectivity index is 1.46. The molecule has 1 aromatic carbocycles. The minimum absolute atomic E-state index is 0.203. The highest BCUT2D eigenvalue weighted by Gasteiger charge is 2.43. The molecule has 0 bridgehead atoms. The molecule has 0 spiro atoms. The van der Waals surface area contributed by atoms with Gasteiger partial charge in [0.25, 0.3) is 0 Å². The minimum Gasteiger partial charge on any atom is -0.390 e. The number of imidazole rings is 1. The van der Waals surface area contributed by atoms with E-state index in [-0.39, 0.29) is 5.92 Å². The summed E-state index contributed by atoms with van der Waals surface area (Å²) < 4.78 is 7.70. The molecule has 2 fully saturated rings. The van der Waals surface area contributed by atoms with Crippen LogP contribution in [0.25, 0.3) is 5.69 Å². The average Bonchev–Trinajstić information content (AvgIpc) is 3.27. The van der Waals surface area contributed by atoms with Gasteiger partial charge in [-0.1, -0.05) is 12.1 Å². The summed E-state index contributed by atoms with van der Waals surface area (Å²) >= 11 is 0. The monoisotopic (exact) mass is 341 g/mol. The van der Waals surface area contributed by atoms with Crippen LogP contribution in [0.5, 0.6) is 0 Å². The molecule has 5 heteroatoms. The van der Waals surface area contributed by atoms with Crippen LogP contribution in [0, 0.1) is 5.92 Å². The van der Waals surface area contributed by atoms with Gasteiger partial charge in [-0.3, -0.25) is 4.90 Å². The fraction of sp³-hybridized carbons (Fsp3) is 0.550. The van der Waals surface area contributed by atoms with E-state index < -0.39 is 5.60 Å². The summed E-state index contributed by atoms with van der Waals surface area (Å²) in [7, 11) is 0. The van der Waals surface area contributed by atoms with E-state index in [0.717, 1.165) is 31.6 Å². The van der Waals surface area contributed by atoms with Gasteiger partial charge in [0.2, 0.25) is 0 Å².